The SMILES string of the molecule is CCCCCCCCCCCCCCCCC=CNCC1CN1. The summed E-state index contributed by atoms with van der Waals surface area (Å²) in [5.74, 6) is 0. The number of unbranched alkanes of at least 4 members (excludes halogenated alkanes) is 14. The minimum Gasteiger partial charge on any atom is -0.390 e. The molecule has 1 fully saturated rings. The molecule has 2 nitrogen and oxygen atoms in total. The van der Waals surface area contributed by atoms with Crippen LogP contribution in [0.15, 0.2) is 12.3 Å². The molecule has 0 aromatic rings. The van der Waals surface area contributed by atoms with Crippen molar-refractivity contribution < 1.29 is 0 Å². The quantitative estimate of drug-likeness (QED) is 0.242. The van der Waals surface area contributed by atoms with Crippen molar-refractivity contribution >= 4 is 0 Å². The number of rotatable bonds is 18. The number of nitrogens with one attached hydrogen (secondary N) is 2. The van der Waals surface area contributed by atoms with E-state index in [0.29, 0.717) is 0 Å². The molecule has 23 heavy (non-hydrogen) atoms. The van der Waals surface area contributed by atoms with Crippen molar-refractivity contribution in [2.75, 3.05) is 13.1 Å². The Morgan fingerprint density at radius 1 is 0.783 bits per heavy atom. The fourth-order valence-corrected chi connectivity index (χ4v) is 3.06. The zero-order valence-electron chi connectivity index (χ0n) is 15.8. The van der Waals surface area contributed by atoms with Crippen molar-refractivity contribution in [3.05, 3.63) is 12.3 Å². The lowest BCUT2D eigenvalue weighted by Crippen LogP contribution is -2.14. The van der Waals surface area contributed by atoms with Gasteiger partial charge in [0.15, 0.2) is 0 Å². The van der Waals surface area contributed by atoms with Crippen LogP contribution in [0.25, 0.3) is 0 Å². The van der Waals surface area contributed by atoms with Crippen LogP contribution in [0.3, 0.4) is 0 Å². The van der Waals surface area contributed by atoms with Gasteiger partial charge in [-0.2, -0.15) is 0 Å². The summed E-state index contributed by atoms with van der Waals surface area (Å²) in [5, 5.41) is 6.65. The predicted octanol–water partition coefficient (Wildman–Crippen LogP) is 5.93. The highest BCUT2D eigenvalue weighted by atomic mass is 15.1. The fraction of sp³-hybridized carbons (Fsp3) is 0.905. The van der Waals surface area contributed by atoms with Gasteiger partial charge in [-0.25, -0.2) is 0 Å². The summed E-state index contributed by atoms with van der Waals surface area (Å²) in [6.45, 7) is 4.58. The molecule has 1 aliphatic heterocycles. The molecule has 1 heterocycles. The largest absolute Gasteiger partial charge is 0.390 e. The van der Waals surface area contributed by atoms with E-state index in [2.05, 4.69) is 29.8 Å². The predicted molar refractivity (Wildman–Crippen MR) is 104 cm³/mol. The lowest BCUT2D eigenvalue weighted by Gasteiger charge is -2.03. The molecule has 0 aromatic carbocycles. The van der Waals surface area contributed by atoms with Crippen LogP contribution >= 0.6 is 0 Å². The zero-order chi connectivity index (χ0) is 16.4. The molecule has 0 spiro atoms. The lowest BCUT2D eigenvalue weighted by molar-refractivity contribution is 0.536. The Hall–Kier alpha value is -0.500. The molecule has 1 rings (SSSR count). The second-order valence-electron chi connectivity index (χ2n) is 7.30. The van der Waals surface area contributed by atoms with Gasteiger partial charge in [0.25, 0.3) is 0 Å². The molecule has 1 aliphatic rings. The Bertz CT molecular complexity index is 259. The summed E-state index contributed by atoms with van der Waals surface area (Å²) >= 11 is 0. The van der Waals surface area contributed by atoms with E-state index in [0.717, 1.165) is 12.6 Å². The Balaban J connectivity index is 1.63. The standard InChI is InChI=1S/C21H42N2/c1-2-3-4-5-6-7-8-9-10-11-12-13-14-15-16-17-18-22-19-21-20-23-21/h17-18,21-23H,2-16,19-20H2,1H3. The summed E-state index contributed by atoms with van der Waals surface area (Å²) in [6, 6.07) is 0.737. The summed E-state index contributed by atoms with van der Waals surface area (Å²) in [4.78, 5) is 0. The maximum atomic E-state index is 3.35. The van der Waals surface area contributed by atoms with Gasteiger partial charge in [-0.3, -0.25) is 0 Å². The third kappa shape index (κ3) is 16.1. The zero-order valence-corrected chi connectivity index (χ0v) is 15.8. The van der Waals surface area contributed by atoms with Gasteiger partial charge in [-0.15, -0.1) is 0 Å². The van der Waals surface area contributed by atoms with Crippen LogP contribution in [0.1, 0.15) is 103 Å². The molecule has 1 saturated heterocycles. The minimum atomic E-state index is 0.737. The molecule has 136 valence electrons. The van der Waals surface area contributed by atoms with Crippen LogP contribution in [0.4, 0.5) is 0 Å². The van der Waals surface area contributed by atoms with Crippen LogP contribution in [0, 0.1) is 0 Å². The van der Waals surface area contributed by atoms with Gasteiger partial charge >= 0.3 is 0 Å². The first-order valence-electron chi connectivity index (χ1n) is 10.5. The van der Waals surface area contributed by atoms with E-state index in [-0.39, 0.29) is 0 Å². The summed E-state index contributed by atoms with van der Waals surface area (Å²) in [6.07, 6.45) is 25.9. The molecule has 0 radical (unpaired) electrons. The maximum absolute atomic E-state index is 3.35. The van der Waals surface area contributed by atoms with E-state index in [1.165, 1.54) is 103 Å². The third-order valence-corrected chi connectivity index (χ3v) is 4.82. The molecule has 0 aromatic heterocycles. The Morgan fingerprint density at radius 3 is 1.74 bits per heavy atom. The molecule has 0 saturated carbocycles. The smallest absolute Gasteiger partial charge is 0.0366 e. The summed E-state index contributed by atoms with van der Waals surface area (Å²) in [7, 11) is 0. The maximum Gasteiger partial charge on any atom is 0.0366 e. The van der Waals surface area contributed by atoms with Gasteiger partial charge in [0.2, 0.25) is 0 Å². The summed E-state index contributed by atoms with van der Waals surface area (Å²) in [5.41, 5.74) is 0. The van der Waals surface area contributed by atoms with Crippen LogP contribution in [0.2, 0.25) is 0 Å². The van der Waals surface area contributed by atoms with Crippen LogP contribution in [0.5, 0.6) is 0 Å². The molecule has 1 atom stereocenters. The monoisotopic (exact) mass is 322 g/mol. The van der Waals surface area contributed by atoms with Crippen LogP contribution < -0.4 is 10.6 Å². The van der Waals surface area contributed by atoms with E-state index in [1.54, 1.807) is 0 Å². The molecular formula is C21H42N2. The van der Waals surface area contributed by atoms with E-state index >= 15 is 0 Å². The van der Waals surface area contributed by atoms with Crippen molar-refractivity contribution in [2.24, 2.45) is 0 Å². The first-order valence-corrected chi connectivity index (χ1v) is 10.5. The molecule has 0 amide bonds. The minimum absolute atomic E-state index is 0.737. The first kappa shape index (κ1) is 20.5. The van der Waals surface area contributed by atoms with Crippen molar-refractivity contribution in [1.82, 2.24) is 10.6 Å². The Kier molecular flexibility index (Phi) is 14.6. The van der Waals surface area contributed by atoms with E-state index < -0.39 is 0 Å². The van der Waals surface area contributed by atoms with Crippen molar-refractivity contribution in [3.63, 3.8) is 0 Å². The molecule has 0 bridgehead atoms. The molecule has 2 N–H and O–H groups in total. The second kappa shape index (κ2) is 16.4. The fourth-order valence-electron chi connectivity index (χ4n) is 3.06. The normalized spacial score (nSPS) is 17.0. The van der Waals surface area contributed by atoms with Gasteiger partial charge in [-0.1, -0.05) is 96.5 Å². The van der Waals surface area contributed by atoms with Crippen molar-refractivity contribution in [3.8, 4) is 0 Å². The topological polar surface area (TPSA) is 34.0 Å². The lowest BCUT2D eigenvalue weighted by atomic mass is 10.0. The van der Waals surface area contributed by atoms with Crippen molar-refractivity contribution in [2.45, 2.75) is 109 Å². The van der Waals surface area contributed by atoms with Crippen molar-refractivity contribution in [1.29, 1.82) is 0 Å². The molecular weight excluding hydrogens is 280 g/mol. The number of hydrogen-bond acceptors (Lipinski definition) is 2. The van der Waals surface area contributed by atoms with Crippen LogP contribution in [-0.2, 0) is 0 Å². The molecule has 1 unspecified atom stereocenters. The van der Waals surface area contributed by atoms with E-state index in [1.807, 2.05) is 0 Å². The molecule has 2 heteroatoms. The van der Waals surface area contributed by atoms with E-state index in [9.17, 15) is 0 Å². The third-order valence-electron chi connectivity index (χ3n) is 4.82. The Labute approximate surface area is 145 Å². The van der Waals surface area contributed by atoms with Gasteiger partial charge in [0.05, 0.1) is 0 Å². The average Bonchev–Trinajstić information content (AvgIpc) is 3.38. The van der Waals surface area contributed by atoms with Crippen LogP contribution in [-0.4, -0.2) is 19.1 Å². The van der Waals surface area contributed by atoms with Gasteiger partial charge < -0.3 is 10.6 Å². The average molecular weight is 323 g/mol. The van der Waals surface area contributed by atoms with Gasteiger partial charge in [0, 0.05) is 19.1 Å². The Morgan fingerprint density at radius 2 is 1.26 bits per heavy atom. The van der Waals surface area contributed by atoms with E-state index in [4.69, 9.17) is 0 Å². The highest BCUT2D eigenvalue weighted by Crippen LogP contribution is 2.13. The van der Waals surface area contributed by atoms with Gasteiger partial charge in [-0.05, 0) is 19.0 Å². The second-order valence-corrected chi connectivity index (χ2v) is 7.30. The number of hydrogen-bond donors (Lipinski definition) is 2. The highest BCUT2D eigenvalue weighted by Gasteiger charge is 2.17. The van der Waals surface area contributed by atoms with Gasteiger partial charge in [0.1, 0.15) is 0 Å². The molecule has 0 aliphatic carbocycles. The summed E-state index contributed by atoms with van der Waals surface area (Å²) < 4.78 is 0. The first-order chi connectivity index (χ1) is 11.4. The number of allylic oxidation sites excluding steroid dienone is 1. The highest BCUT2D eigenvalue weighted by molar-refractivity contribution is 4.89.